The molecule has 0 fully saturated rings. The van der Waals surface area contributed by atoms with E-state index in [2.05, 4.69) is 4.98 Å². The molecule has 0 saturated carbocycles. The average Bonchev–Trinajstić information content (AvgIpc) is 2.15. The van der Waals surface area contributed by atoms with E-state index >= 15 is 0 Å². The fourth-order valence-electron chi connectivity index (χ4n) is 1.12. The molecule has 1 heterocycles. The minimum atomic E-state index is -5.11. The van der Waals surface area contributed by atoms with Crippen molar-refractivity contribution in [3.63, 3.8) is 0 Å². The lowest BCUT2D eigenvalue weighted by atomic mass is 10.1. The normalized spacial score (nSPS) is 11.9. The van der Waals surface area contributed by atoms with Crippen LogP contribution in [-0.2, 0) is 6.18 Å². The Morgan fingerprint density at radius 3 is 2.31 bits per heavy atom. The van der Waals surface area contributed by atoms with E-state index in [0.717, 1.165) is 0 Å². The van der Waals surface area contributed by atoms with Crippen molar-refractivity contribution in [1.29, 1.82) is 0 Å². The van der Waals surface area contributed by atoms with E-state index in [1.807, 2.05) is 0 Å². The fourth-order valence-corrected chi connectivity index (χ4v) is 1.34. The molecule has 16 heavy (non-hydrogen) atoms. The summed E-state index contributed by atoms with van der Waals surface area (Å²) in [5, 5.41) is -0.826. The van der Waals surface area contributed by atoms with Crippen LogP contribution in [0.5, 0.6) is 0 Å². The number of nitrogens with zero attached hydrogens (tertiary/aromatic N) is 1. The number of halogens is 6. The smallest absolute Gasteiger partial charge is 0.296 e. The van der Waals surface area contributed by atoms with E-state index in [-0.39, 0.29) is 6.29 Å². The number of alkyl halides is 5. The molecule has 1 rings (SSSR count). The summed E-state index contributed by atoms with van der Waals surface area (Å²) in [7, 11) is 0. The van der Waals surface area contributed by atoms with Gasteiger partial charge in [0.1, 0.15) is 5.69 Å². The third-order valence-corrected chi connectivity index (χ3v) is 2.01. The summed E-state index contributed by atoms with van der Waals surface area (Å²) in [5.41, 5.74) is -4.32. The van der Waals surface area contributed by atoms with Crippen LogP contribution in [0.25, 0.3) is 0 Å². The largest absolute Gasteiger partial charge is 0.419 e. The van der Waals surface area contributed by atoms with Crippen molar-refractivity contribution in [3.8, 4) is 0 Å². The summed E-state index contributed by atoms with van der Waals surface area (Å²) < 4.78 is 62.1. The van der Waals surface area contributed by atoms with Crippen LogP contribution >= 0.6 is 11.6 Å². The highest BCUT2D eigenvalue weighted by atomic mass is 35.5. The first-order valence-corrected chi connectivity index (χ1v) is 4.15. The van der Waals surface area contributed by atoms with Gasteiger partial charge in [-0.05, 0) is 0 Å². The number of rotatable bonds is 2. The summed E-state index contributed by atoms with van der Waals surface area (Å²) in [4.78, 5) is 13.4. The van der Waals surface area contributed by atoms with Gasteiger partial charge in [0.25, 0.3) is 6.43 Å². The number of hydrogen-bond donors (Lipinski definition) is 0. The summed E-state index contributed by atoms with van der Waals surface area (Å²) >= 11 is 5.20. The van der Waals surface area contributed by atoms with Gasteiger partial charge >= 0.3 is 6.18 Å². The van der Waals surface area contributed by atoms with Gasteiger partial charge in [-0.2, -0.15) is 13.2 Å². The number of aldehydes is 1. The maximum Gasteiger partial charge on any atom is 0.419 e. The molecule has 0 radical (unpaired) electrons. The van der Waals surface area contributed by atoms with Gasteiger partial charge in [0.2, 0.25) is 0 Å². The van der Waals surface area contributed by atoms with Gasteiger partial charge in [0, 0.05) is 6.20 Å². The van der Waals surface area contributed by atoms with Crippen LogP contribution in [0.3, 0.4) is 0 Å². The highest BCUT2D eigenvalue weighted by Gasteiger charge is 2.40. The minimum Gasteiger partial charge on any atom is -0.296 e. The Kier molecular flexibility index (Phi) is 3.47. The molecule has 0 aliphatic heterocycles. The minimum absolute atomic E-state index is 0.245. The molecule has 0 aliphatic carbocycles. The molecule has 88 valence electrons. The summed E-state index contributed by atoms with van der Waals surface area (Å²) in [6, 6.07) is 0. The molecule has 0 unspecified atom stereocenters. The number of hydrogen-bond acceptors (Lipinski definition) is 2. The second-order valence-electron chi connectivity index (χ2n) is 2.70. The average molecular weight is 260 g/mol. The Bertz CT molecular complexity index is 418. The first kappa shape index (κ1) is 12.8. The molecule has 0 aromatic carbocycles. The Labute approximate surface area is 91.0 Å². The van der Waals surface area contributed by atoms with Crippen LogP contribution in [0, 0.1) is 0 Å². The molecule has 0 atom stereocenters. The Balaban J connectivity index is 3.62. The van der Waals surface area contributed by atoms with E-state index < -0.39 is 34.4 Å². The van der Waals surface area contributed by atoms with E-state index in [4.69, 9.17) is 11.6 Å². The van der Waals surface area contributed by atoms with Crippen LogP contribution in [0.2, 0.25) is 5.02 Å². The van der Waals surface area contributed by atoms with E-state index in [9.17, 15) is 26.7 Å². The zero-order valence-electron chi connectivity index (χ0n) is 7.36. The number of pyridine rings is 1. The highest BCUT2D eigenvalue weighted by Crippen LogP contribution is 2.40. The molecule has 0 bridgehead atoms. The third-order valence-electron chi connectivity index (χ3n) is 1.71. The summed E-state index contributed by atoms with van der Waals surface area (Å²) in [6.45, 7) is 0. The molecule has 0 saturated heterocycles. The molecule has 0 spiro atoms. The van der Waals surface area contributed by atoms with Gasteiger partial charge in [-0.25, -0.2) is 8.78 Å². The lowest BCUT2D eigenvalue weighted by Crippen LogP contribution is -2.15. The second kappa shape index (κ2) is 4.32. The monoisotopic (exact) mass is 259 g/mol. The first-order chi connectivity index (χ1) is 7.29. The SMILES string of the molecule is O=Cc1ncc(Cl)c(C(F)F)c1C(F)(F)F. The molecular weight excluding hydrogens is 257 g/mol. The molecule has 0 amide bonds. The molecule has 0 N–H and O–H groups in total. The predicted molar refractivity (Wildman–Crippen MR) is 44.6 cm³/mol. The van der Waals surface area contributed by atoms with Gasteiger partial charge in [-0.3, -0.25) is 9.78 Å². The highest BCUT2D eigenvalue weighted by molar-refractivity contribution is 6.31. The first-order valence-electron chi connectivity index (χ1n) is 3.78. The summed E-state index contributed by atoms with van der Waals surface area (Å²) in [5.74, 6) is 0. The maximum atomic E-state index is 12.4. The van der Waals surface area contributed by atoms with Crippen LogP contribution in [0.15, 0.2) is 6.20 Å². The van der Waals surface area contributed by atoms with Crippen LogP contribution in [0.1, 0.15) is 28.0 Å². The zero-order valence-corrected chi connectivity index (χ0v) is 8.11. The lowest BCUT2D eigenvalue weighted by molar-refractivity contribution is -0.140. The fraction of sp³-hybridized carbons (Fsp3) is 0.250. The van der Waals surface area contributed by atoms with Crippen molar-refractivity contribution in [2.24, 2.45) is 0 Å². The standard InChI is InChI=1S/C8H3ClF5NO/c9-3-1-15-4(2-16)6(8(12,13)14)5(3)7(10)11/h1-2,7H. The van der Waals surface area contributed by atoms with Crippen molar-refractivity contribution < 1.29 is 26.7 Å². The van der Waals surface area contributed by atoms with Crippen molar-refractivity contribution >= 4 is 17.9 Å². The van der Waals surface area contributed by atoms with Crippen LogP contribution in [0.4, 0.5) is 22.0 Å². The predicted octanol–water partition coefficient (Wildman–Crippen LogP) is 3.50. The molecule has 2 nitrogen and oxygen atoms in total. The topological polar surface area (TPSA) is 30.0 Å². The molecule has 8 heteroatoms. The second-order valence-corrected chi connectivity index (χ2v) is 3.10. The third kappa shape index (κ3) is 2.29. The van der Waals surface area contributed by atoms with Gasteiger partial charge in [-0.15, -0.1) is 0 Å². The molecule has 1 aromatic rings. The van der Waals surface area contributed by atoms with Gasteiger partial charge in [-0.1, -0.05) is 11.6 Å². The van der Waals surface area contributed by atoms with Gasteiger partial charge in [0.05, 0.1) is 16.1 Å². The zero-order chi connectivity index (χ0) is 12.5. The number of aromatic nitrogens is 1. The Hall–Kier alpha value is -1.24. The molecule has 1 aromatic heterocycles. The quantitative estimate of drug-likeness (QED) is 0.601. The Morgan fingerprint density at radius 2 is 1.94 bits per heavy atom. The lowest BCUT2D eigenvalue weighted by Gasteiger charge is -2.14. The van der Waals surface area contributed by atoms with Crippen molar-refractivity contribution in [2.45, 2.75) is 12.6 Å². The molecule has 0 aliphatic rings. The van der Waals surface area contributed by atoms with Crippen LogP contribution in [-0.4, -0.2) is 11.3 Å². The molecular formula is C8H3ClF5NO. The van der Waals surface area contributed by atoms with Crippen molar-refractivity contribution in [2.75, 3.05) is 0 Å². The van der Waals surface area contributed by atoms with Crippen molar-refractivity contribution in [1.82, 2.24) is 4.98 Å². The summed E-state index contributed by atoms with van der Waals surface area (Å²) in [6.07, 6.45) is -8.21. The van der Waals surface area contributed by atoms with Crippen molar-refractivity contribution in [3.05, 3.63) is 28.0 Å². The van der Waals surface area contributed by atoms with E-state index in [0.29, 0.717) is 6.20 Å². The van der Waals surface area contributed by atoms with Gasteiger partial charge < -0.3 is 0 Å². The van der Waals surface area contributed by atoms with E-state index in [1.165, 1.54) is 0 Å². The van der Waals surface area contributed by atoms with Gasteiger partial charge in [0.15, 0.2) is 6.29 Å². The van der Waals surface area contributed by atoms with E-state index in [1.54, 1.807) is 0 Å². The maximum absolute atomic E-state index is 12.4. The number of carbonyl (C=O) groups is 1. The Morgan fingerprint density at radius 1 is 1.38 bits per heavy atom. The van der Waals surface area contributed by atoms with Crippen LogP contribution < -0.4 is 0 Å². The number of carbonyl (C=O) groups excluding carboxylic acids is 1.